The molecule has 7 rings (SSSR count). The van der Waals surface area contributed by atoms with Crippen molar-refractivity contribution in [3.63, 3.8) is 0 Å². The third-order valence-corrected chi connectivity index (χ3v) is 7.75. The average molecular weight is 537 g/mol. The molecular weight excluding hydrogens is 512 g/mol. The highest BCUT2D eigenvalue weighted by Crippen LogP contribution is 2.43. The number of aromatic nitrogens is 1. The van der Waals surface area contributed by atoms with Crippen LogP contribution in [0.5, 0.6) is 5.75 Å². The molecule has 0 amide bonds. The van der Waals surface area contributed by atoms with Gasteiger partial charge in [-0.1, -0.05) is 60.7 Å². The van der Waals surface area contributed by atoms with Gasteiger partial charge in [0.05, 0.1) is 34.1 Å². The highest BCUT2D eigenvalue weighted by Gasteiger charge is 2.25. The normalized spacial score (nSPS) is 11.4. The Morgan fingerprint density at radius 3 is 2.17 bits per heavy atom. The van der Waals surface area contributed by atoms with Crippen LogP contribution in [0.4, 0.5) is 5.69 Å². The highest BCUT2D eigenvalue weighted by molar-refractivity contribution is 6.14. The van der Waals surface area contributed by atoms with Gasteiger partial charge in [-0.05, 0) is 64.5 Å². The van der Waals surface area contributed by atoms with Crippen LogP contribution in [-0.2, 0) is 6.42 Å². The van der Waals surface area contributed by atoms with Crippen LogP contribution >= 0.6 is 0 Å². The van der Waals surface area contributed by atoms with E-state index in [0.717, 1.165) is 55.3 Å². The lowest BCUT2D eigenvalue weighted by Gasteiger charge is -2.12. The van der Waals surface area contributed by atoms with E-state index in [-0.39, 0.29) is 11.1 Å². The molecule has 0 N–H and O–H groups in total. The number of hydrogen-bond donors (Lipinski definition) is 0. The zero-order valence-electron chi connectivity index (χ0n) is 22.2. The molecule has 2 aromatic heterocycles. The van der Waals surface area contributed by atoms with Crippen molar-refractivity contribution in [2.24, 2.45) is 0 Å². The van der Waals surface area contributed by atoms with Gasteiger partial charge in [0.2, 0.25) is 0 Å². The van der Waals surface area contributed by atoms with Gasteiger partial charge in [-0.3, -0.25) is 14.9 Å². The summed E-state index contributed by atoms with van der Waals surface area (Å²) in [6, 6.07) is 36.5. The van der Waals surface area contributed by atoms with Gasteiger partial charge in [-0.2, -0.15) is 0 Å². The van der Waals surface area contributed by atoms with E-state index in [0.29, 0.717) is 17.6 Å². The molecule has 0 atom stereocenters. The van der Waals surface area contributed by atoms with Crippen molar-refractivity contribution in [1.29, 1.82) is 0 Å². The van der Waals surface area contributed by atoms with E-state index >= 15 is 0 Å². The maximum absolute atomic E-state index is 14.5. The summed E-state index contributed by atoms with van der Waals surface area (Å²) < 4.78 is 7.57. The number of fused-ring (bicyclic) bond motifs is 2. The second-order valence-electron chi connectivity index (χ2n) is 10.1. The molecule has 41 heavy (non-hydrogen) atoms. The molecule has 5 aromatic carbocycles. The number of hydrogen-bond acceptors (Lipinski definition) is 4. The van der Waals surface area contributed by atoms with E-state index in [2.05, 4.69) is 16.5 Å². The first-order valence-electron chi connectivity index (χ1n) is 13.3. The van der Waals surface area contributed by atoms with Crippen LogP contribution in [0.15, 0.2) is 120 Å². The number of nitro groups is 1. The van der Waals surface area contributed by atoms with Gasteiger partial charge in [-0.25, -0.2) is 0 Å². The standard InChI is InChI=1S/C35H24N2O4/c1-41-29-17-13-23(14-18-29)31-32-34-26(21-27(35(32)38)19-22-7-3-2-4-8-22)20-25-9-5-6-10-30(25)36(34)33(31)24-11-15-28(16-12-24)37(39)40/h2-18,20-21H,19H2,1H3. The second-order valence-corrected chi connectivity index (χ2v) is 10.1. The van der Waals surface area contributed by atoms with Crippen LogP contribution in [0, 0.1) is 10.1 Å². The molecule has 0 aliphatic carbocycles. The second kappa shape index (κ2) is 9.61. The van der Waals surface area contributed by atoms with Crippen molar-refractivity contribution >= 4 is 32.9 Å². The number of methoxy groups -OCH3 is 1. The average Bonchev–Trinajstić information content (AvgIpc) is 3.37. The highest BCUT2D eigenvalue weighted by atomic mass is 16.6. The number of ether oxygens (including phenoxy) is 1. The number of benzene rings is 5. The molecule has 0 bridgehead atoms. The Morgan fingerprint density at radius 1 is 0.780 bits per heavy atom. The molecule has 2 heterocycles. The van der Waals surface area contributed by atoms with Crippen molar-refractivity contribution < 1.29 is 9.66 Å². The topological polar surface area (TPSA) is 73.8 Å². The maximum Gasteiger partial charge on any atom is 0.269 e. The van der Waals surface area contributed by atoms with Gasteiger partial charge in [0.15, 0.2) is 5.43 Å². The minimum atomic E-state index is -0.402. The van der Waals surface area contributed by atoms with Crippen molar-refractivity contribution in [1.82, 2.24) is 4.40 Å². The summed E-state index contributed by atoms with van der Waals surface area (Å²) in [4.78, 5) is 25.5. The van der Waals surface area contributed by atoms with Crippen LogP contribution < -0.4 is 10.2 Å². The fourth-order valence-electron chi connectivity index (χ4n) is 5.88. The van der Waals surface area contributed by atoms with Gasteiger partial charge in [0, 0.05) is 35.1 Å². The fourth-order valence-corrected chi connectivity index (χ4v) is 5.88. The van der Waals surface area contributed by atoms with Crippen LogP contribution in [-0.4, -0.2) is 16.4 Å². The molecule has 0 unspecified atom stereocenters. The third-order valence-electron chi connectivity index (χ3n) is 7.75. The van der Waals surface area contributed by atoms with Crippen molar-refractivity contribution in [3.8, 4) is 28.1 Å². The van der Waals surface area contributed by atoms with Gasteiger partial charge in [0.25, 0.3) is 5.69 Å². The predicted molar refractivity (Wildman–Crippen MR) is 163 cm³/mol. The number of non-ortho nitro benzene ring substituents is 1. The number of nitro benzene ring substituents is 1. The van der Waals surface area contributed by atoms with E-state index in [1.54, 1.807) is 19.2 Å². The minimum Gasteiger partial charge on any atom is -0.497 e. The van der Waals surface area contributed by atoms with Crippen molar-refractivity contribution in [2.75, 3.05) is 7.11 Å². The van der Waals surface area contributed by atoms with Crippen molar-refractivity contribution in [3.05, 3.63) is 147 Å². The van der Waals surface area contributed by atoms with Crippen LogP contribution in [0.2, 0.25) is 0 Å². The molecular formula is C35H24N2O4. The largest absolute Gasteiger partial charge is 0.497 e. The maximum atomic E-state index is 14.5. The van der Waals surface area contributed by atoms with Gasteiger partial charge < -0.3 is 9.14 Å². The lowest BCUT2D eigenvalue weighted by molar-refractivity contribution is -0.384. The van der Waals surface area contributed by atoms with Crippen LogP contribution in [0.3, 0.4) is 0 Å². The number of para-hydroxylation sites is 1. The number of nitrogens with zero attached hydrogens (tertiary/aromatic N) is 2. The van der Waals surface area contributed by atoms with Gasteiger partial charge in [-0.15, -0.1) is 0 Å². The molecule has 0 fully saturated rings. The molecule has 0 saturated carbocycles. The predicted octanol–water partition coefficient (Wildman–Crippen LogP) is 7.89. The van der Waals surface area contributed by atoms with E-state index in [1.807, 2.05) is 78.9 Å². The van der Waals surface area contributed by atoms with E-state index in [4.69, 9.17) is 4.74 Å². The molecule has 198 valence electrons. The molecule has 6 heteroatoms. The number of rotatable bonds is 6. The number of pyridine rings is 1. The Balaban J connectivity index is 1.66. The molecule has 7 aromatic rings. The van der Waals surface area contributed by atoms with Crippen LogP contribution in [0.1, 0.15) is 11.1 Å². The van der Waals surface area contributed by atoms with E-state index in [1.165, 1.54) is 12.1 Å². The van der Waals surface area contributed by atoms with Gasteiger partial charge in [0.1, 0.15) is 5.75 Å². The molecule has 0 aliphatic heterocycles. The monoisotopic (exact) mass is 536 g/mol. The summed E-state index contributed by atoms with van der Waals surface area (Å²) in [6.45, 7) is 0. The van der Waals surface area contributed by atoms with Crippen LogP contribution in [0.25, 0.3) is 49.6 Å². The summed E-state index contributed by atoms with van der Waals surface area (Å²) in [6.07, 6.45) is 0.512. The Labute approximate surface area is 235 Å². The Morgan fingerprint density at radius 2 is 1.46 bits per heavy atom. The first-order chi connectivity index (χ1) is 20.0. The SMILES string of the molecule is COc1ccc(-c2c(-c3ccc([N+](=O)[O-])cc3)n3c4ccccc4cc4cc(Cc5ccccc5)c(=O)c2c43)cc1. The Hall–Kier alpha value is -5.49. The fraction of sp³-hybridized carbons (Fsp3) is 0.0571. The summed E-state index contributed by atoms with van der Waals surface area (Å²) in [7, 11) is 1.62. The Bertz CT molecular complexity index is 2130. The van der Waals surface area contributed by atoms with Gasteiger partial charge >= 0.3 is 0 Å². The quantitative estimate of drug-likeness (QED) is 0.123. The Kier molecular flexibility index (Phi) is 5.75. The first kappa shape index (κ1) is 24.5. The van der Waals surface area contributed by atoms with E-state index < -0.39 is 4.92 Å². The summed E-state index contributed by atoms with van der Waals surface area (Å²) in [5.74, 6) is 0.713. The molecule has 0 spiro atoms. The molecule has 0 radical (unpaired) electrons. The molecule has 0 aliphatic rings. The lowest BCUT2D eigenvalue weighted by atomic mass is 9.94. The zero-order chi connectivity index (χ0) is 28.1. The zero-order valence-corrected chi connectivity index (χ0v) is 22.2. The summed E-state index contributed by atoms with van der Waals surface area (Å²) in [5.41, 5.74) is 6.82. The third kappa shape index (κ3) is 4.00. The smallest absolute Gasteiger partial charge is 0.269 e. The first-order valence-corrected chi connectivity index (χ1v) is 13.3. The summed E-state index contributed by atoms with van der Waals surface area (Å²) >= 11 is 0. The lowest BCUT2D eigenvalue weighted by Crippen LogP contribution is -2.10. The molecule has 6 nitrogen and oxygen atoms in total. The van der Waals surface area contributed by atoms with E-state index in [9.17, 15) is 14.9 Å². The summed E-state index contributed by atoms with van der Waals surface area (Å²) in [5, 5.41) is 14.1. The minimum absolute atomic E-state index is 0.0126. The molecule has 0 saturated heterocycles. The van der Waals surface area contributed by atoms with Crippen molar-refractivity contribution in [2.45, 2.75) is 6.42 Å².